The summed E-state index contributed by atoms with van der Waals surface area (Å²) in [6.07, 6.45) is 0. The van der Waals surface area contributed by atoms with Crippen LogP contribution < -0.4 is 4.72 Å². The summed E-state index contributed by atoms with van der Waals surface area (Å²) in [6.45, 7) is 7.97. The zero-order valence-corrected chi connectivity index (χ0v) is 17.3. The van der Waals surface area contributed by atoms with Crippen molar-refractivity contribution < 1.29 is 12.8 Å². The Balaban J connectivity index is 1.89. The highest BCUT2D eigenvalue weighted by atomic mass is 32.2. The predicted octanol–water partition coefficient (Wildman–Crippen LogP) is 5.42. The minimum absolute atomic E-state index is 0.0594. The zero-order chi connectivity index (χ0) is 19.1. The lowest BCUT2D eigenvalue weighted by molar-refractivity contribution is 0.573. The molecule has 0 atom stereocenters. The van der Waals surface area contributed by atoms with Gasteiger partial charge in [0.1, 0.15) is 15.0 Å². The van der Waals surface area contributed by atoms with E-state index in [0.717, 1.165) is 27.6 Å². The number of aromatic nitrogens is 1. The number of hydrogen-bond donors (Lipinski definition) is 1. The molecule has 2 heterocycles. The molecule has 0 aliphatic heterocycles. The van der Waals surface area contributed by atoms with Gasteiger partial charge < -0.3 is 0 Å². The maximum absolute atomic E-state index is 13.4. The Bertz CT molecular complexity index is 1050. The molecule has 0 spiro atoms. The van der Waals surface area contributed by atoms with Crippen molar-refractivity contribution in [2.75, 3.05) is 4.72 Å². The Hall–Kier alpha value is -1.77. The molecule has 0 aliphatic rings. The number of nitrogens with zero attached hydrogens (tertiary/aromatic N) is 1. The number of hydrogen-bond acceptors (Lipinski definition) is 5. The third-order valence-corrected chi connectivity index (χ3v) is 7.50. The van der Waals surface area contributed by atoms with Crippen LogP contribution in [0.3, 0.4) is 0 Å². The van der Waals surface area contributed by atoms with Crippen LogP contribution in [-0.2, 0) is 15.4 Å². The summed E-state index contributed by atoms with van der Waals surface area (Å²) in [7, 11) is -3.78. The van der Waals surface area contributed by atoms with E-state index in [1.54, 1.807) is 18.4 Å². The van der Waals surface area contributed by atoms with Crippen molar-refractivity contribution in [3.63, 3.8) is 0 Å². The van der Waals surface area contributed by atoms with Gasteiger partial charge in [-0.3, -0.25) is 4.72 Å². The molecule has 0 bridgehead atoms. The number of halogens is 1. The van der Waals surface area contributed by atoms with Crippen LogP contribution in [0.2, 0.25) is 0 Å². The van der Waals surface area contributed by atoms with Crippen LogP contribution in [0.4, 0.5) is 10.1 Å². The van der Waals surface area contributed by atoms with E-state index in [0.29, 0.717) is 5.56 Å². The smallest absolute Gasteiger partial charge is 0.271 e. The number of sulfonamides is 1. The fourth-order valence-electron chi connectivity index (χ4n) is 2.22. The van der Waals surface area contributed by atoms with E-state index in [4.69, 9.17) is 0 Å². The summed E-state index contributed by atoms with van der Waals surface area (Å²) in [5.74, 6) is -0.488. The molecule has 0 saturated carbocycles. The van der Waals surface area contributed by atoms with Crippen molar-refractivity contribution in [1.82, 2.24) is 4.98 Å². The van der Waals surface area contributed by atoms with Crippen LogP contribution >= 0.6 is 22.7 Å². The van der Waals surface area contributed by atoms with Gasteiger partial charge in [-0.05, 0) is 30.7 Å². The van der Waals surface area contributed by atoms with Crippen molar-refractivity contribution in [2.45, 2.75) is 37.3 Å². The molecule has 0 unspecified atom stereocenters. The van der Waals surface area contributed by atoms with E-state index < -0.39 is 15.8 Å². The second-order valence-corrected chi connectivity index (χ2v) is 10.7. The predicted molar refractivity (Wildman–Crippen MR) is 106 cm³/mol. The van der Waals surface area contributed by atoms with Gasteiger partial charge in [-0.15, -0.1) is 22.7 Å². The fraction of sp³-hybridized carbons (Fsp3) is 0.278. The molecule has 8 heteroatoms. The zero-order valence-electron chi connectivity index (χ0n) is 14.8. The molecule has 0 radical (unpaired) electrons. The van der Waals surface area contributed by atoms with Crippen LogP contribution in [0, 0.1) is 12.7 Å². The standard InChI is InChI=1S/C18H19FN2O2S3/c1-11-5-6-13(19)8-14(11)21-26(22,23)16-7-12(9-24-16)17-20-15(10-25-17)18(2,3)4/h5-10,21H,1-4H3. The molecule has 4 nitrogen and oxygen atoms in total. The lowest BCUT2D eigenvalue weighted by Crippen LogP contribution is -2.12. The molecule has 1 aromatic carbocycles. The van der Waals surface area contributed by atoms with Gasteiger partial charge in [-0.25, -0.2) is 17.8 Å². The SMILES string of the molecule is Cc1ccc(F)cc1NS(=O)(=O)c1cc(-c2nc(C(C)(C)C)cs2)cs1. The van der Waals surface area contributed by atoms with E-state index in [2.05, 4.69) is 30.5 Å². The topological polar surface area (TPSA) is 59.1 Å². The average Bonchev–Trinajstić information content (AvgIpc) is 3.18. The number of anilines is 1. The Morgan fingerprint density at radius 2 is 1.85 bits per heavy atom. The Morgan fingerprint density at radius 3 is 2.50 bits per heavy atom. The molecule has 0 amide bonds. The van der Waals surface area contributed by atoms with Gasteiger partial charge in [-0.2, -0.15) is 0 Å². The van der Waals surface area contributed by atoms with Crippen LogP contribution in [0.5, 0.6) is 0 Å². The molecule has 1 N–H and O–H groups in total. The van der Waals surface area contributed by atoms with Gasteiger partial charge in [-0.1, -0.05) is 26.8 Å². The second kappa shape index (κ2) is 6.75. The van der Waals surface area contributed by atoms with Gasteiger partial charge in [0.05, 0.1) is 11.4 Å². The van der Waals surface area contributed by atoms with Crippen molar-refractivity contribution in [2.24, 2.45) is 0 Å². The highest BCUT2D eigenvalue weighted by molar-refractivity contribution is 7.94. The molecule has 0 fully saturated rings. The van der Waals surface area contributed by atoms with Gasteiger partial charge in [0.25, 0.3) is 10.0 Å². The van der Waals surface area contributed by atoms with Crippen LogP contribution in [-0.4, -0.2) is 13.4 Å². The van der Waals surface area contributed by atoms with Crippen molar-refractivity contribution in [3.05, 3.63) is 52.1 Å². The molecule has 26 heavy (non-hydrogen) atoms. The molecule has 0 saturated heterocycles. The van der Waals surface area contributed by atoms with Crippen molar-refractivity contribution in [3.8, 4) is 10.6 Å². The Labute approximate surface area is 160 Å². The van der Waals surface area contributed by atoms with E-state index in [-0.39, 0.29) is 15.3 Å². The molecular formula is C18H19FN2O2S3. The van der Waals surface area contributed by atoms with Gasteiger partial charge in [0, 0.05) is 21.7 Å². The fourth-order valence-corrected chi connectivity index (χ4v) is 5.61. The summed E-state index contributed by atoms with van der Waals surface area (Å²) in [6, 6.07) is 5.62. The number of aryl methyl sites for hydroxylation is 1. The van der Waals surface area contributed by atoms with E-state index >= 15 is 0 Å². The minimum Gasteiger partial charge on any atom is -0.279 e. The number of nitrogens with one attached hydrogen (secondary N) is 1. The number of benzene rings is 1. The first-order valence-electron chi connectivity index (χ1n) is 7.90. The van der Waals surface area contributed by atoms with Gasteiger partial charge in [0.15, 0.2) is 0 Å². The summed E-state index contributed by atoms with van der Waals surface area (Å²) >= 11 is 2.61. The molecule has 0 aliphatic carbocycles. The second-order valence-electron chi connectivity index (χ2n) is 7.01. The van der Waals surface area contributed by atoms with E-state index in [1.165, 1.54) is 29.5 Å². The monoisotopic (exact) mass is 410 g/mol. The molecule has 3 aromatic rings. The lowest BCUT2D eigenvalue weighted by Gasteiger charge is -2.14. The highest BCUT2D eigenvalue weighted by Gasteiger charge is 2.21. The van der Waals surface area contributed by atoms with Crippen molar-refractivity contribution in [1.29, 1.82) is 0 Å². The first-order valence-corrected chi connectivity index (χ1v) is 11.1. The normalized spacial score (nSPS) is 12.3. The first kappa shape index (κ1) is 19.0. The van der Waals surface area contributed by atoms with Crippen molar-refractivity contribution >= 4 is 38.4 Å². The molecule has 3 rings (SSSR count). The summed E-state index contributed by atoms with van der Waals surface area (Å²) in [4.78, 5) is 4.62. The molecule has 2 aromatic heterocycles. The average molecular weight is 411 g/mol. The molecule has 138 valence electrons. The number of rotatable bonds is 4. The van der Waals surface area contributed by atoms with Crippen LogP contribution in [0.1, 0.15) is 32.0 Å². The van der Waals surface area contributed by atoms with E-state index in [9.17, 15) is 12.8 Å². The summed E-state index contributed by atoms with van der Waals surface area (Å²) < 4.78 is 41.3. The quantitative estimate of drug-likeness (QED) is 0.625. The van der Waals surface area contributed by atoms with E-state index in [1.807, 2.05) is 5.38 Å². The third kappa shape index (κ3) is 3.97. The first-order chi connectivity index (χ1) is 12.1. The summed E-state index contributed by atoms with van der Waals surface area (Å²) in [5, 5.41) is 4.56. The van der Waals surface area contributed by atoms with Gasteiger partial charge in [0.2, 0.25) is 0 Å². The Kier molecular flexibility index (Phi) is 4.94. The highest BCUT2D eigenvalue weighted by Crippen LogP contribution is 2.34. The third-order valence-electron chi connectivity index (χ3n) is 3.80. The van der Waals surface area contributed by atoms with Crippen LogP contribution in [0.15, 0.2) is 39.2 Å². The maximum Gasteiger partial charge on any atom is 0.271 e. The summed E-state index contributed by atoms with van der Waals surface area (Å²) in [5.41, 5.74) is 2.58. The minimum atomic E-state index is -3.78. The molecular weight excluding hydrogens is 391 g/mol. The number of thiazole rings is 1. The van der Waals surface area contributed by atoms with Gasteiger partial charge >= 0.3 is 0 Å². The maximum atomic E-state index is 13.4. The largest absolute Gasteiger partial charge is 0.279 e. The Morgan fingerprint density at radius 1 is 1.12 bits per heavy atom. The number of thiophene rings is 1. The lowest BCUT2D eigenvalue weighted by atomic mass is 9.93. The van der Waals surface area contributed by atoms with Crippen LogP contribution in [0.25, 0.3) is 10.6 Å².